The molecule has 0 aliphatic heterocycles. The molecule has 0 spiro atoms. The molecule has 0 heterocycles. The number of amides is 1. The molecule has 1 aliphatic carbocycles. The Kier molecular flexibility index (Phi) is 4.99. The second kappa shape index (κ2) is 6.74. The fraction of sp³-hybridized carbons (Fsp3) is 0.529. The van der Waals surface area contributed by atoms with Gasteiger partial charge in [-0.3, -0.25) is 9.59 Å². The summed E-state index contributed by atoms with van der Waals surface area (Å²) < 4.78 is 0. The monoisotopic (exact) mass is 289 g/mol. The number of carboxylic acid groups (broad SMARTS) is 1. The minimum atomic E-state index is -0.836. The Bertz CT molecular complexity index is 492. The standard InChI is InChI=1S/C17H23NO3/c1-17(11-5-6-12-17)16(21)18-14(9-10-15(19)20)13-7-3-2-4-8-13/h2-4,7-8,14H,5-6,9-12H2,1H3,(H,18,21)(H,19,20). The number of hydrogen-bond donors (Lipinski definition) is 2. The van der Waals surface area contributed by atoms with Crippen LogP contribution in [-0.4, -0.2) is 17.0 Å². The second-order valence-corrected chi connectivity index (χ2v) is 6.14. The zero-order valence-electron chi connectivity index (χ0n) is 12.5. The van der Waals surface area contributed by atoms with Crippen LogP contribution in [0, 0.1) is 5.41 Å². The van der Waals surface area contributed by atoms with Crippen molar-refractivity contribution in [3.63, 3.8) is 0 Å². The average molecular weight is 289 g/mol. The summed E-state index contributed by atoms with van der Waals surface area (Å²) in [5.74, 6) is -0.781. The van der Waals surface area contributed by atoms with Gasteiger partial charge in [0.15, 0.2) is 0 Å². The summed E-state index contributed by atoms with van der Waals surface area (Å²) in [6.45, 7) is 2.01. The van der Waals surface area contributed by atoms with E-state index in [0.29, 0.717) is 6.42 Å². The van der Waals surface area contributed by atoms with Crippen molar-refractivity contribution in [1.29, 1.82) is 0 Å². The van der Waals surface area contributed by atoms with E-state index in [1.165, 1.54) is 0 Å². The highest BCUT2D eigenvalue weighted by atomic mass is 16.4. The molecule has 0 bridgehead atoms. The van der Waals surface area contributed by atoms with Crippen molar-refractivity contribution in [2.24, 2.45) is 5.41 Å². The fourth-order valence-electron chi connectivity index (χ4n) is 2.99. The molecule has 0 radical (unpaired) electrons. The molecule has 1 unspecified atom stereocenters. The summed E-state index contributed by atoms with van der Waals surface area (Å²) in [5, 5.41) is 12.0. The van der Waals surface area contributed by atoms with Crippen LogP contribution in [0.25, 0.3) is 0 Å². The van der Waals surface area contributed by atoms with Crippen LogP contribution in [0.1, 0.15) is 57.1 Å². The van der Waals surface area contributed by atoms with Crippen LogP contribution in [0.5, 0.6) is 0 Å². The van der Waals surface area contributed by atoms with Gasteiger partial charge in [-0.15, -0.1) is 0 Å². The summed E-state index contributed by atoms with van der Waals surface area (Å²) in [7, 11) is 0. The first-order chi connectivity index (χ1) is 10.0. The molecular weight excluding hydrogens is 266 g/mol. The molecule has 1 aromatic rings. The first-order valence-corrected chi connectivity index (χ1v) is 7.59. The number of hydrogen-bond acceptors (Lipinski definition) is 2. The van der Waals surface area contributed by atoms with Gasteiger partial charge in [0.05, 0.1) is 6.04 Å². The van der Waals surface area contributed by atoms with E-state index in [4.69, 9.17) is 5.11 Å². The van der Waals surface area contributed by atoms with Gasteiger partial charge in [-0.1, -0.05) is 50.1 Å². The Morgan fingerprint density at radius 1 is 1.24 bits per heavy atom. The van der Waals surface area contributed by atoms with Crippen molar-refractivity contribution in [2.75, 3.05) is 0 Å². The summed E-state index contributed by atoms with van der Waals surface area (Å²) in [4.78, 5) is 23.4. The molecule has 1 aliphatic rings. The molecule has 0 aromatic heterocycles. The highest BCUT2D eigenvalue weighted by molar-refractivity contribution is 5.83. The van der Waals surface area contributed by atoms with Gasteiger partial charge in [0.25, 0.3) is 0 Å². The lowest BCUT2D eigenvalue weighted by Gasteiger charge is -2.27. The molecular formula is C17H23NO3. The van der Waals surface area contributed by atoms with Crippen molar-refractivity contribution in [1.82, 2.24) is 5.32 Å². The van der Waals surface area contributed by atoms with Crippen LogP contribution in [0.2, 0.25) is 0 Å². The van der Waals surface area contributed by atoms with E-state index in [1.54, 1.807) is 0 Å². The highest BCUT2D eigenvalue weighted by Crippen LogP contribution is 2.38. The number of nitrogens with one attached hydrogen (secondary N) is 1. The van der Waals surface area contributed by atoms with Crippen molar-refractivity contribution >= 4 is 11.9 Å². The maximum Gasteiger partial charge on any atom is 0.303 e. The number of carbonyl (C=O) groups is 2. The predicted octanol–water partition coefficient (Wildman–Crippen LogP) is 3.29. The Balaban J connectivity index is 2.08. The molecule has 114 valence electrons. The van der Waals surface area contributed by atoms with E-state index in [2.05, 4.69) is 5.32 Å². The van der Waals surface area contributed by atoms with Gasteiger partial charge in [0, 0.05) is 11.8 Å². The van der Waals surface area contributed by atoms with Crippen LogP contribution in [0.3, 0.4) is 0 Å². The van der Waals surface area contributed by atoms with Crippen LogP contribution in [0.4, 0.5) is 0 Å². The number of aliphatic carboxylic acids is 1. The molecule has 4 nitrogen and oxygen atoms in total. The van der Waals surface area contributed by atoms with Crippen LogP contribution < -0.4 is 5.32 Å². The van der Waals surface area contributed by atoms with Gasteiger partial charge in [0.2, 0.25) is 5.91 Å². The van der Waals surface area contributed by atoms with E-state index in [-0.39, 0.29) is 23.8 Å². The minimum absolute atomic E-state index is 0.0521. The summed E-state index contributed by atoms with van der Waals surface area (Å²) in [5.41, 5.74) is 0.671. The lowest BCUT2D eigenvalue weighted by molar-refractivity contribution is -0.138. The first kappa shape index (κ1) is 15.5. The molecule has 1 saturated carbocycles. The third kappa shape index (κ3) is 4.06. The first-order valence-electron chi connectivity index (χ1n) is 7.59. The van der Waals surface area contributed by atoms with Crippen LogP contribution in [-0.2, 0) is 9.59 Å². The minimum Gasteiger partial charge on any atom is -0.481 e. The zero-order chi connectivity index (χ0) is 15.3. The van der Waals surface area contributed by atoms with Gasteiger partial charge >= 0.3 is 5.97 Å². The third-order valence-electron chi connectivity index (χ3n) is 4.41. The largest absolute Gasteiger partial charge is 0.481 e. The molecule has 1 amide bonds. The number of rotatable bonds is 6. The molecule has 1 fully saturated rings. The Hall–Kier alpha value is -1.84. The number of carbonyl (C=O) groups excluding carboxylic acids is 1. The number of benzene rings is 1. The fourth-order valence-corrected chi connectivity index (χ4v) is 2.99. The van der Waals surface area contributed by atoms with E-state index >= 15 is 0 Å². The molecule has 0 saturated heterocycles. The van der Waals surface area contributed by atoms with Gasteiger partial charge in [0.1, 0.15) is 0 Å². The van der Waals surface area contributed by atoms with E-state index < -0.39 is 5.97 Å². The van der Waals surface area contributed by atoms with Gasteiger partial charge < -0.3 is 10.4 Å². The lowest BCUT2D eigenvalue weighted by Crippen LogP contribution is -2.39. The Labute approximate surface area is 125 Å². The molecule has 1 atom stereocenters. The summed E-state index contributed by atoms with van der Waals surface area (Å²) in [6.07, 6.45) is 4.49. The SMILES string of the molecule is CC1(C(=O)NC(CCC(=O)O)c2ccccc2)CCCC1. The lowest BCUT2D eigenvalue weighted by atomic mass is 9.87. The maximum atomic E-state index is 12.5. The zero-order valence-corrected chi connectivity index (χ0v) is 12.5. The van der Waals surface area contributed by atoms with Gasteiger partial charge in [-0.25, -0.2) is 0 Å². The summed E-state index contributed by atoms with van der Waals surface area (Å²) >= 11 is 0. The Morgan fingerprint density at radius 3 is 2.43 bits per heavy atom. The van der Waals surface area contributed by atoms with E-state index in [0.717, 1.165) is 31.2 Å². The quantitative estimate of drug-likeness (QED) is 0.844. The van der Waals surface area contributed by atoms with Crippen LogP contribution >= 0.6 is 0 Å². The average Bonchev–Trinajstić information content (AvgIpc) is 2.92. The summed E-state index contributed by atoms with van der Waals surface area (Å²) in [6, 6.07) is 9.37. The van der Waals surface area contributed by atoms with Crippen molar-refractivity contribution < 1.29 is 14.7 Å². The third-order valence-corrected chi connectivity index (χ3v) is 4.41. The second-order valence-electron chi connectivity index (χ2n) is 6.14. The number of carboxylic acids is 1. The normalized spacial score (nSPS) is 18.1. The van der Waals surface area contributed by atoms with Crippen molar-refractivity contribution in [3.05, 3.63) is 35.9 Å². The van der Waals surface area contributed by atoms with E-state index in [9.17, 15) is 9.59 Å². The maximum absolute atomic E-state index is 12.5. The topological polar surface area (TPSA) is 66.4 Å². The molecule has 21 heavy (non-hydrogen) atoms. The smallest absolute Gasteiger partial charge is 0.303 e. The molecule has 1 aromatic carbocycles. The molecule has 2 N–H and O–H groups in total. The van der Waals surface area contributed by atoms with Crippen molar-refractivity contribution in [3.8, 4) is 0 Å². The van der Waals surface area contributed by atoms with Crippen molar-refractivity contribution in [2.45, 2.75) is 51.5 Å². The van der Waals surface area contributed by atoms with Crippen LogP contribution in [0.15, 0.2) is 30.3 Å². The van der Waals surface area contributed by atoms with Gasteiger partial charge in [-0.2, -0.15) is 0 Å². The molecule has 2 rings (SSSR count). The Morgan fingerprint density at radius 2 is 1.86 bits per heavy atom. The van der Waals surface area contributed by atoms with E-state index in [1.807, 2.05) is 37.3 Å². The van der Waals surface area contributed by atoms with Gasteiger partial charge in [-0.05, 0) is 24.8 Å². The highest BCUT2D eigenvalue weighted by Gasteiger charge is 2.37. The predicted molar refractivity (Wildman–Crippen MR) is 80.8 cm³/mol. The molecule has 4 heteroatoms.